The van der Waals surface area contributed by atoms with Crippen molar-refractivity contribution in [2.24, 2.45) is 0 Å². The number of hydrogen-bond donors (Lipinski definition) is 1. The highest BCUT2D eigenvalue weighted by atomic mass is 79.9. The molecule has 7 heteroatoms. The molecule has 0 spiro atoms. The van der Waals surface area contributed by atoms with Crippen molar-refractivity contribution in [3.05, 3.63) is 34.3 Å². The van der Waals surface area contributed by atoms with Crippen molar-refractivity contribution in [3.63, 3.8) is 0 Å². The van der Waals surface area contributed by atoms with Gasteiger partial charge in [0.2, 0.25) is 5.82 Å². The molecular weight excluding hydrogens is 317 g/mol. The molecule has 1 aliphatic rings. The van der Waals surface area contributed by atoms with Gasteiger partial charge >= 0.3 is 0 Å². The van der Waals surface area contributed by atoms with Crippen LogP contribution in [0.4, 0.5) is 4.39 Å². The summed E-state index contributed by atoms with van der Waals surface area (Å²) in [7, 11) is 0. The van der Waals surface area contributed by atoms with Crippen LogP contribution in [-0.2, 0) is 4.74 Å². The Bertz CT molecular complexity index is 584. The number of hydrogen-bond acceptors (Lipinski definition) is 5. The Morgan fingerprint density at radius 3 is 3.11 bits per heavy atom. The summed E-state index contributed by atoms with van der Waals surface area (Å²) in [5.41, 5.74) is 0.275. The third-order valence-electron chi connectivity index (χ3n) is 2.84. The molecule has 19 heavy (non-hydrogen) atoms. The van der Waals surface area contributed by atoms with Gasteiger partial charge in [-0.25, -0.2) is 4.39 Å². The second kappa shape index (κ2) is 5.36. The Hall–Kier alpha value is -1.31. The number of rotatable bonds is 2. The molecule has 1 unspecified atom stereocenters. The fourth-order valence-electron chi connectivity index (χ4n) is 1.88. The first-order chi connectivity index (χ1) is 9.25. The van der Waals surface area contributed by atoms with E-state index >= 15 is 0 Å². The number of morpholine rings is 1. The van der Waals surface area contributed by atoms with Crippen LogP contribution in [0, 0.1) is 5.82 Å². The average molecular weight is 328 g/mol. The van der Waals surface area contributed by atoms with Gasteiger partial charge in [0.25, 0.3) is 5.89 Å². The molecule has 0 radical (unpaired) electrons. The molecule has 2 aromatic rings. The van der Waals surface area contributed by atoms with Crippen LogP contribution in [0.5, 0.6) is 0 Å². The Morgan fingerprint density at radius 1 is 1.42 bits per heavy atom. The molecular formula is C12H11BrFN3O2. The fraction of sp³-hybridized carbons (Fsp3) is 0.333. The number of nitrogens with zero attached hydrogens (tertiary/aromatic N) is 2. The number of halogens is 2. The van der Waals surface area contributed by atoms with Crippen molar-refractivity contribution in [2.75, 3.05) is 19.7 Å². The summed E-state index contributed by atoms with van der Waals surface area (Å²) in [5.74, 6) is 0.171. The van der Waals surface area contributed by atoms with Gasteiger partial charge < -0.3 is 14.6 Å². The zero-order valence-corrected chi connectivity index (χ0v) is 11.5. The van der Waals surface area contributed by atoms with Crippen LogP contribution in [0.15, 0.2) is 27.2 Å². The number of aromatic nitrogens is 2. The minimum atomic E-state index is -0.416. The Labute approximate surface area is 117 Å². The van der Waals surface area contributed by atoms with E-state index in [0.717, 1.165) is 6.54 Å². The van der Waals surface area contributed by atoms with E-state index < -0.39 is 5.82 Å². The molecule has 0 aliphatic carbocycles. The monoisotopic (exact) mass is 327 g/mol. The molecule has 0 amide bonds. The van der Waals surface area contributed by atoms with Gasteiger partial charge in [-0.05, 0) is 28.1 Å². The molecule has 2 heterocycles. The zero-order valence-electron chi connectivity index (χ0n) is 9.90. The molecule has 1 aliphatic heterocycles. The van der Waals surface area contributed by atoms with Crippen molar-refractivity contribution in [1.82, 2.24) is 15.5 Å². The van der Waals surface area contributed by atoms with Crippen molar-refractivity contribution in [1.29, 1.82) is 0 Å². The maximum absolute atomic E-state index is 13.9. The van der Waals surface area contributed by atoms with E-state index in [2.05, 4.69) is 31.4 Å². The second-order valence-electron chi connectivity index (χ2n) is 4.12. The number of benzene rings is 1. The van der Waals surface area contributed by atoms with Crippen LogP contribution >= 0.6 is 15.9 Å². The highest BCUT2D eigenvalue weighted by Gasteiger charge is 2.23. The van der Waals surface area contributed by atoms with E-state index in [4.69, 9.17) is 9.26 Å². The molecule has 3 rings (SSSR count). The normalized spacial score (nSPS) is 19.6. The van der Waals surface area contributed by atoms with Crippen LogP contribution in [0.2, 0.25) is 0 Å². The highest BCUT2D eigenvalue weighted by Crippen LogP contribution is 2.27. The molecule has 5 nitrogen and oxygen atoms in total. The van der Waals surface area contributed by atoms with Gasteiger partial charge in [0.05, 0.1) is 16.6 Å². The quantitative estimate of drug-likeness (QED) is 0.917. The van der Waals surface area contributed by atoms with E-state index in [-0.39, 0.29) is 17.6 Å². The first kappa shape index (κ1) is 12.7. The third kappa shape index (κ3) is 2.54. The molecule has 0 saturated carbocycles. The van der Waals surface area contributed by atoms with Gasteiger partial charge in [-0.3, -0.25) is 0 Å². The fourth-order valence-corrected chi connectivity index (χ4v) is 2.24. The van der Waals surface area contributed by atoms with E-state index in [1.165, 1.54) is 0 Å². The van der Waals surface area contributed by atoms with Gasteiger partial charge in [-0.1, -0.05) is 11.2 Å². The van der Waals surface area contributed by atoms with Crippen LogP contribution in [0.3, 0.4) is 0 Å². The number of ether oxygens (including phenoxy) is 1. The van der Waals surface area contributed by atoms with E-state index in [0.29, 0.717) is 23.4 Å². The lowest BCUT2D eigenvalue weighted by molar-refractivity contribution is 0.0208. The van der Waals surface area contributed by atoms with Gasteiger partial charge in [0.1, 0.15) is 11.9 Å². The van der Waals surface area contributed by atoms with Gasteiger partial charge in [-0.15, -0.1) is 0 Å². The third-order valence-corrected chi connectivity index (χ3v) is 3.45. The van der Waals surface area contributed by atoms with E-state index in [1.54, 1.807) is 18.2 Å². The largest absolute Gasteiger partial charge is 0.367 e. The Kier molecular flexibility index (Phi) is 3.58. The van der Waals surface area contributed by atoms with Crippen molar-refractivity contribution in [2.45, 2.75) is 6.10 Å². The Balaban J connectivity index is 1.90. The van der Waals surface area contributed by atoms with Crippen molar-refractivity contribution >= 4 is 15.9 Å². The molecule has 100 valence electrons. The zero-order chi connectivity index (χ0) is 13.2. The second-order valence-corrected chi connectivity index (χ2v) is 4.98. The minimum Gasteiger partial charge on any atom is -0.367 e. The summed E-state index contributed by atoms with van der Waals surface area (Å²) in [5, 5.41) is 7.03. The molecule has 1 atom stereocenters. The topological polar surface area (TPSA) is 60.2 Å². The predicted octanol–water partition coefficient (Wildman–Crippen LogP) is 2.30. The van der Waals surface area contributed by atoms with Crippen molar-refractivity contribution < 1.29 is 13.7 Å². The van der Waals surface area contributed by atoms with Crippen LogP contribution in [0.1, 0.15) is 11.9 Å². The predicted molar refractivity (Wildman–Crippen MR) is 69.0 cm³/mol. The standard InChI is InChI=1S/C12H11BrFN3O2/c13-8-3-1-2-7(10(8)14)12-16-11(17-19-12)9-6-15-4-5-18-9/h1-3,9,15H,4-6H2. The maximum atomic E-state index is 13.9. The summed E-state index contributed by atoms with van der Waals surface area (Å²) in [6, 6.07) is 4.92. The molecule has 1 fully saturated rings. The lowest BCUT2D eigenvalue weighted by atomic mass is 10.2. The smallest absolute Gasteiger partial charge is 0.261 e. The Morgan fingerprint density at radius 2 is 2.32 bits per heavy atom. The van der Waals surface area contributed by atoms with Gasteiger partial charge in [0.15, 0.2) is 0 Å². The first-order valence-electron chi connectivity index (χ1n) is 5.86. The van der Waals surface area contributed by atoms with E-state index in [9.17, 15) is 4.39 Å². The average Bonchev–Trinajstić information content (AvgIpc) is 2.92. The minimum absolute atomic E-state index is 0.156. The lowest BCUT2D eigenvalue weighted by Gasteiger charge is -2.20. The molecule has 1 saturated heterocycles. The summed E-state index contributed by atoms with van der Waals surface area (Å²) >= 11 is 3.13. The maximum Gasteiger partial charge on any atom is 0.261 e. The van der Waals surface area contributed by atoms with Crippen LogP contribution in [-0.4, -0.2) is 29.8 Å². The highest BCUT2D eigenvalue weighted by molar-refractivity contribution is 9.10. The molecule has 1 aromatic heterocycles. The first-order valence-corrected chi connectivity index (χ1v) is 6.65. The summed E-state index contributed by atoms with van der Waals surface area (Å²) < 4.78 is 24.9. The molecule has 1 aromatic carbocycles. The molecule has 1 N–H and O–H groups in total. The van der Waals surface area contributed by atoms with Gasteiger partial charge in [0, 0.05) is 13.1 Å². The number of nitrogens with one attached hydrogen (secondary N) is 1. The lowest BCUT2D eigenvalue weighted by Crippen LogP contribution is -2.33. The van der Waals surface area contributed by atoms with Crippen LogP contribution < -0.4 is 5.32 Å². The van der Waals surface area contributed by atoms with Crippen molar-refractivity contribution in [3.8, 4) is 11.5 Å². The van der Waals surface area contributed by atoms with Crippen LogP contribution in [0.25, 0.3) is 11.5 Å². The molecule has 0 bridgehead atoms. The summed E-state index contributed by atoms with van der Waals surface area (Å²) in [4.78, 5) is 4.20. The SMILES string of the molecule is Fc1c(Br)cccc1-c1nc(C2CNCCO2)no1. The van der Waals surface area contributed by atoms with E-state index in [1.807, 2.05) is 0 Å². The summed E-state index contributed by atoms with van der Waals surface area (Å²) in [6.07, 6.45) is -0.249. The summed E-state index contributed by atoms with van der Waals surface area (Å²) in [6.45, 7) is 2.03. The van der Waals surface area contributed by atoms with Gasteiger partial charge in [-0.2, -0.15) is 4.98 Å².